The number of rotatable bonds is 7. The van der Waals surface area contributed by atoms with Gasteiger partial charge in [0.05, 0.1) is 23.9 Å². The number of carbonyl (C=O) groups is 2. The van der Waals surface area contributed by atoms with Crippen LogP contribution in [0.1, 0.15) is 40.5 Å². The van der Waals surface area contributed by atoms with Crippen molar-refractivity contribution in [2.45, 2.75) is 26.0 Å². The van der Waals surface area contributed by atoms with Gasteiger partial charge in [-0.15, -0.1) is 0 Å². The highest BCUT2D eigenvalue weighted by Crippen LogP contribution is 2.12. The maximum atomic E-state index is 12.9. The molecule has 0 radical (unpaired) electrons. The molecular formula is C24H22F2N4O3. The number of hydrogen-bond acceptors (Lipinski definition) is 5. The molecule has 1 unspecified atom stereocenters. The van der Waals surface area contributed by atoms with Crippen molar-refractivity contribution in [1.29, 1.82) is 0 Å². The smallest absolute Gasteiger partial charge is 0.333 e. The summed E-state index contributed by atoms with van der Waals surface area (Å²) in [5.41, 5.74) is 2.04. The van der Waals surface area contributed by atoms with Crippen molar-refractivity contribution < 1.29 is 23.1 Å². The zero-order valence-corrected chi connectivity index (χ0v) is 18.1. The Morgan fingerprint density at radius 2 is 1.85 bits per heavy atom. The average molecular weight is 452 g/mol. The largest absolute Gasteiger partial charge is 0.460 e. The monoisotopic (exact) mass is 452 g/mol. The molecule has 0 N–H and O–H groups in total. The number of likely N-dealkylation sites (N-methyl/N-ethyl adjacent to an activating group) is 1. The van der Waals surface area contributed by atoms with E-state index in [2.05, 4.69) is 21.9 Å². The number of pyridine rings is 1. The number of amides is 1. The summed E-state index contributed by atoms with van der Waals surface area (Å²) in [6, 6.07) is 11.1. The van der Waals surface area contributed by atoms with Gasteiger partial charge in [0.15, 0.2) is 0 Å². The molecule has 2 aromatic heterocycles. The Morgan fingerprint density at radius 3 is 2.52 bits per heavy atom. The Morgan fingerprint density at radius 1 is 1.12 bits per heavy atom. The molecule has 7 nitrogen and oxygen atoms in total. The number of esters is 1. The molecule has 0 bridgehead atoms. The maximum Gasteiger partial charge on any atom is 0.333 e. The molecule has 1 atom stereocenters. The Kier molecular flexibility index (Phi) is 7.86. The Hall–Kier alpha value is -4.06. The predicted octanol–water partition coefficient (Wildman–Crippen LogP) is 3.32. The second kappa shape index (κ2) is 11.0. The summed E-state index contributed by atoms with van der Waals surface area (Å²) in [6.07, 6.45) is 5.21. The molecule has 0 saturated carbocycles. The molecule has 2 heterocycles. The Balaban J connectivity index is 1.70. The second-order valence-corrected chi connectivity index (χ2v) is 7.31. The molecule has 0 saturated heterocycles. The first kappa shape index (κ1) is 23.6. The van der Waals surface area contributed by atoms with Gasteiger partial charge in [-0.2, -0.15) is 13.9 Å². The van der Waals surface area contributed by atoms with E-state index in [1.807, 2.05) is 30.3 Å². The molecular weight excluding hydrogens is 430 g/mol. The van der Waals surface area contributed by atoms with Gasteiger partial charge in [0.1, 0.15) is 6.10 Å². The van der Waals surface area contributed by atoms with Crippen LogP contribution in [-0.2, 0) is 16.0 Å². The summed E-state index contributed by atoms with van der Waals surface area (Å²) in [7, 11) is 1.61. The number of hydrogen-bond donors (Lipinski definition) is 0. The van der Waals surface area contributed by atoms with Crippen molar-refractivity contribution in [3.63, 3.8) is 0 Å². The molecule has 0 aliphatic heterocycles. The SMILES string of the molecule is CC(=O)OC(Cc1ccccc1)CN(C)C(=O)c1cncc(C#Cc2cnn(C(F)F)c2)c1. The first-order valence-electron chi connectivity index (χ1n) is 10.1. The van der Waals surface area contributed by atoms with Crippen LogP contribution in [0, 0.1) is 11.8 Å². The topological polar surface area (TPSA) is 77.3 Å². The molecule has 0 fully saturated rings. The molecule has 0 aliphatic rings. The molecule has 1 amide bonds. The van der Waals surface area contributed by atoms with E-state index in [1.54, 1.807) is 13.1 Å². The molecule has 170 valence electrons. The normalized spacial score (nSPS) is 11.4. The van der Waals surface area contributed by atoms with E-state index in [-0.39, 0.29) is 12.5 Å². The van der Waals surface area contributed by atoms with Crippen LogP contribution in [0.5, 0.6) is 0 Å². The third-order valence-corrected chi connectivity index (χ3v) is 4.60. The van der Waals surface area contributed by atoms with Gasteiger partial charge >= 0.3 is 12.5 Å². The molecule has 3 rings (SSSR count). The number of benzene rings is 1. The molecule has 0 aliphatic carbocycles. The lowest BCUT2D eigenvalue weighted by atomic mass is 10.1. The maximum absolute atomic E-state index is 12.9. The fraction of sp³-hybridized carbons (Fsp3) is 0.250. The third-order valence-electron chi connectivity index (χ3n) is 4.60. The minimum Gasteiger partial charge on any atom is -0.460 e. The van der Waals surface area contributed by atoms with E-state index >= 15 is 0 Å². The summed E-state index contributed by atoms with van der Waals surface area (Å²) in [6.45, 7) is -1.22. The van der Waals surface area contributed by atoms with E-state index in [0.29, 0.717) is 27.8 Å². The van der Waals surface area contributed by atoms with E-state index in [4.69, 9.17) is 4.74 Å². The number of halogens is 2. The number of carbonyl (C=O) groups excluding carboxylic acids is 2. The van der Waals surface area contributed by atoms with Gasteiger partial charge in [0, 0.05) is 44.5 Å². The van der Waals surface area contributed by atoms with Crippen LogP contribution < -0.4 is 0 Å². The lowest BCUT2D eigenvalue weighted by Gasteiger charge is -2.24. The van der Waals surface area contributed by atoms with Crippen molar-refractivity contribution in [2.75, 3.05) is 13.6 Å². The van der Waals surface area contributed by atoms with Crippen molar-refractivity contribution in [3.8, 4) is 11.8 Å². The minimum atomic E-state index is -2.74. The van der Waals surface area contributed by atoms with Gasteiger partial charge in [-0.25, -0.2) is 4.68 Å². The Bertz CT molecular complexity index is 1170. The quantitative estimate of drug-likeness (QED) is 0.406. The van der Waals surface area contributed by atoms with Gasteiger partial charge < -0.3 is 9.64 Å². The fourth-order valence-electron chi connectivity index (χ4n) is 3.14. The van der Waals surface area contributed by atoms with Crippen LogP contribution in [-0.4, -0.2) is 51.2 Å². The van der Waals surface area contributed by atoms with Crippen LogP contribution in [0.15, 0.2) is 61.2 Å². The van der Waals surface area contributed by atoms with Crippen molar-refractivity contribution in [2.24, 2.45) is 0 Å². The lowest BCUT2D eigenvalue weighted by Crippen LogP contribution is -2.37. The van der Waals surface area contributed by atoms with E-state index in [0.717, 1.165) is 11.8 Å². The zero-order chi connectivity index (χ0) is 23.8. The highest BCUT2D eigenvalue weighted by molar-refractivity contribution is 5.94. The van der Waals surface area contributed by atoms with Crippen molar-refractivity contribution >= 4 is 11.9 Å². The van der Waals surface area contributed by atoms with E-state index in [1.165, 1.54) is 30.4 Å². The van der Waals surface area contributed by atoms with Crippen LogP contribution in [0.25, 0.3) is 0 Å². The van der Waals surface area contributed by atoms with Gasteiger partial charge in [0.2, 0.25) is 0 Å². The van der Waals surface area contributed by atoms with E-state index < -0.39 is 18.6 Å². The molecule has 1 aromatic carbocycles. The molecule has 0 spiro atoms. The predicted molar refractivity (Wildman–Crippen MR) is 116 cm³/mol. The summed E-state index contributed by atoms with van der Waals surface area (Å²) in [5.74, 6) is 4.78. The van der Waals surface area contributed by atoms with Gasteiger partial charge in [-0.05, 0) is 11.6 Å². The zero-order valence-electron chi connectivity index (χ0n) is 18.1. The van der Waals surface area contributed by atoms with Crippen LogP contribution in [0.3, 0.4) is 0 Å². The van der Waals surface area contributed by atoms with Crippen LogP contribution in [0.4, 0.5) is 8.78 Å². The van der Waals surface area contributed by atoms with Crippen LogP contribution >= 0.6 is 0 Å². The number of aromatic nitrogens is 3. The standard InChI is InChI=1S/C24H22F2N4O3/c1-17(31)33-22(11-18-6-4-3-5-7-18)16-29(2)23(32)21-10-19(12-27-14-21)8-9-20-13-28-30(15-20)24(25)26/h3-7,10,12-15,22,24H,11,16H2,1-2H3. The second-order valence-electron chi connectivity index (χ2n) is 7.31. The van der Waals surface area contributed by atoms with Crippen LogP contribution in [0.2, 0.25) is 0 Å². The van der Waals surface area contributed by atoms with Crippen molar-refractivity contribution in [3.05, 3.63) is 83.4 Å². The highest BCUT2D eigenvalue weighted by Gasteiger charge is 2.20. The minimum absolute atomic E-state index is 0.191. The summed E-state index contributed by atoms with van der Waals surface area (Å²) in [4.78, 5) is 30.0. The fourth-order valence-corrected chi connectivity index (χ4v) is 3.14. The molecule has 3 aromatic rings. The number of nitrogens with zero attached hydrogens (tertiary/aromatic N) is 4. The van der Waals surface area contributed by atoms with Crippen molar-refractivity contribution in [1.82, 2.24) is 19.7 Å². The van der Waals surface area contributed by atoms with Gasteiger partial charge in [-0.3, -0.25) is 14.6 Å². The van der Waals surface area contributed by atoms with Gasteiger partial charge in [-0.1, -0.05) is 42.2 Å². The third kappa shape index (κ3) is 6.97. The number of ether oxygens (including phenoxy) is 1. The number of alkyl halides is 2. The summed E-state index contributed by atoms with van der Waals surface area (Å²) >= 11 is 0. The highest BCUT2D eigenvalue weighted by atomic mass is 19.3. The first-order valence-corrected chi connectivity index (χ1v) is 10.1. The first-order chi connectivity index (χ1) is 15.8. The summed E-state index contributed by atoms with van der Waals surface area (Å²) in [5, 5.41) is 3.53. The van der Waals surface area contributed by atoms with E-state index in [9.17, 15) is 18.4 Å². The molecule has 33 heavy (non-hydrogen) atoms. The average Bonchev–Trinajstić information content (AvgIpc) is 3.27. The van der Waals surface area contributed by atoms with Gasteiger partial charge in [0.25, 0.3) is 5.91 Å². The molecule has 9 heteroatoms. The summed E-state index contributed by atoms with van der Waals surface area (Å²) < 4.78 is 31.1. The Labute approximate surface area is 190 Å². The lowest BCUT2D eigenvalue weighted by molar-refractivity contribution is -0.146.